The molecule has 1 aliphatic rings. The number of carbonyl (C=O) groups is 1. The molecule has 0 aliphatic carbocycles. The van der Waals surface area contributed by atoms with Crippen LogP contribution in [0.2, 0.25) is 0 Å². The minimum absolute atomic E-state index is 0.110. The second-order valence-electron chi connectivity index (χ2n) is 6.53. The van der Waals surface area contributed by atoms with E-state index in [9.17, 15) is 13.2 Å². The molecular weight excluding hydrogens is 362 g/mol. The van der Waals surface area contributed by atoms with Crippen molar-refractivity contribution < 1.29 is 13.2 Å². The minimum atomic E-state index is -3.76. The summed E-state index contributed by atoms with van der Waals surface area (Å²) in [5.41, 5.74) is 2.04. The number of para-hydroxylation sites is 1. The van der Waals surface area contributed by atoms with Gasteiger partial charge in [-0.2, -0.15) is 0 Å². The second kappa shape index (κ2) is 6.66. The highest BCUT2D eigenvalue weighted by Gasteiger charge is 2.29. The number of hydrogen-bond acceptors (Lipinski definition) is 4. The number of carbonyl (C=O) groups excluding carboxylic acids is 1. The Balaban J connectivity index is 1.74. The molecule has 6 nitrogen and oxygen atoms in total. The van der Waals surface area contributed by atoms with Gasteiger partial charge in [0.1, 0.15) is 0 Å². The third-order valence-corrected chi connectivity index (χ3v) is 6.59. The summed E-state index contributed by atoms with van der Waals surface area (Å²) in [6.07, 6.45) is 4.85. The van der Waals surface area contributed by atoms with Crippen molar-refractivity contribution in [3.05, 3.63) is 77.9 Å². The van der Waals surface area contributed by atoms with Crippen LogP contribution in [-0.2, 0) is 23.5 Å². The first-order valence-corrected chi connectivity index (χ1v) is 10.2. The predicted molar refractivity (Wildman–Crippen MR) is 102 cm³/mol. The zero-order valence-corrected chi connectivity index (χ0v) is 15.7. The molecule has 0 spiro atoms. The van der Waals surface area contributed by atoms with Crippen LogP contribution < -0.4 is 4.31 Å². The fourth-order valence-electron chi connectivity index (χ4n) is 3.39. The van der Waals surface area contributed by atoms with Crippen molar-refractivity contribution in [3.63, 3.8) is 0 Å². The van der Waals surface area contributed by atoms with Crippen LogP contribution >= 0.6 is 0 Å². The monoisotopic (exact) mass is 381 g/mol. The minimum Gasteiger partial charge on any atom is -0.331 e. The largest absolute Gasteiger partial charge is 0.331 e. The summed E-state index contributed by atoms with van der Waals surface area (Å²) in [6, 6.07) is 13.7. The molecule has 0 N–H and O–H groups in total. The molecular formula is C20H19N3O3S. The average Bonchev–Trinajstić information content (AvgIpc) is 3.13. The smallest absolute Gasteiger partial charge is 0.264 e. The van der Waals surface area contributed by atoms with Crippen molar-refractivity contribution in [2.24, 2.45) is 7.05 Å². The normalized spacial score (nSPS) is 14.0. The van der Waals surface area contributed by atoms with Crippen LogP contribution in [-0.4, -0.2) is 30.3 Å². The lowest BCUT2D eigenvalue weighted by molar-refractivity contribution is 0.102. The molecule has 0 saturated heterocycles. The van der Waals surface area contributed by atoms with E-state index in [1.165, 1.54) is 16.4 Å². The van der Waals surface area contributed by atoms with Crippen LogP contribution in [0, 0.1) is 0 Å². The van der Waals surface area contributed by atoms with Crippen molar-refractivity contribution in [2.75, 3.05) is 10.8 Å². The molecule has 0 fully saturated rings. The zero-order chi connectivity index (χ0) is 19.0. The molecule has 7 heteroatoms. The molecule has 4 rings (SSSR count). The lowest BCUT2D eigenvalue weighted by atomic mass is 10.0. The number of aryl methyl sites for hydroxylation is 2. The molecule has 2 aromatic carbocycles. The second-order valence-corrected chi connectivity index (χ2v) is 8.39. The zero-order valence-electron chi connectivity index (χ0n) is 14.9. The Morgan fingerprint density at radius 1 is 1.11 bits per heavy atom. The molecule has 0 radical (unpaired) electrons. The molecule has 0 amide bonds. The summed E-state index contributed by atoms with van der Waals surface area (Å²) in [4.78, 5) is 16.9. The van der Waals surface area contributed by atoms with E-state index in [0.29, 0.717) is 17.8 Å². The number of imidazole rings is 1. The summed E-state index contributed by atoms with van der Waals surface area (Å²) in [7, 11) is -2.03. The molecule has 0 unspecified atom stereocenters. The van der Waals surface area contributed by atoms with Gasteiger partial charge in [0.05, 0.1) is 10.6 Å². The fourth-order valence-corrected chi connectivity index (χ4v) is 4.97. The first kappa shape index (κ1) is 17.5. The van der Waals surface area contributed by atoms with Gasteiger partial charge in [-0.3, -0.25) is 9.10 Å². The molecule has 0 atom stereocenters. The van der Waals surface area contributed by atoms with Crippen LogP contribution in [0.25, 0.3) is 0 Å². The highest BCUT2D eigenvalue weighted by Crippen LogP contribution is 2.32. The number of sulfonamides is 1. The Labute approximate surface area is 158 Å². The molecule has 2 heterocycles. The quantitative estimate of drug-likeness (QED) is 0.652. The van der Waals surface area contributed by atoms with E-state index in [4.69, 9.17) is 0 Å². The number of anilines is 1. The SMILES string of the molecule is Cn1ccnc1C(=O)c1cccc(S(=O)(=O)N2CCCc3ccccc32)c1. The number of benzene rings is 2. The van der Waals surface area contributed by atoms with Crippen LogP contribution in [0.5, 0.6) is 0 Å². The Kier molecular flexibility index (Phi) is 4.31. The van der Waals surface area contributed by atoms with Crippen molar-refractivity contribution in [2.45, 2.75) is 17.7 Å². The number of nitrogens with zero attached hydrogens (tertiary/aromatic N) is 3. The Morgan fingerprint density at radius 3 is 2.70 bits per heavy atom. The molecule has 27 heavy (non-hydrogen) atoms. The Bertz CT molecular complexity index is 1120. The van der Waals surface area contributed by atoms with Crippen LogP contribution in [0.3, 0.4) is 0 Å². The van der Waals surface area contributed by atoms with Gasteiger partial charge in [-0.25, -0.2) is 13.4 Å². The first-order chi connectivity index (χ1) is 13.0. The summed E-state index contributed by atoms with van der Waals surface area (Å²) in [6.45, 7) is 0.427. The molecule has 1 aromatic heterocycles. The molecule has 0 bridgehead atoms. The van der Waals surface area contributed by atoms with Crippen LogP contribution in [0.1, 0.15) is 28.2 Å². The maximum Gasteiger partial charge on any atom is 0.264 e. The topological polar surface area (TPSA) is 72.3 Å². The number of fused-ring (bicyclic) bond motifs is 1. The Morgan fingerprint density at radius 2 is 1.93 bits per heavy atom. The number of aromatic nitrogens is 2. The standard InChI is InChI=1S/C20H19N3O3S/c1-22-13-11-21-20(22)19(24)16-7-4-9-17(14-16)27(25,26)23-12-5-8-15-6-2-3-10-18(15)23/h2-4,6-7,9-11,13-14H,5,8,12H2,1H3. The van der Waals surface area contributed by atoms with E-state index in [2.05, 4.69) is 4.98 Å². The molecule has 3 aromatic rings. The highest BCUT2D eigenvalue weighted by atomic mass is 32.2. The maximum absolute atomic E-state index is 13.3. The van der Waals surface area contributed by atoms with Crippen molar-refractivity contribution in [1.29, 1.82) is 0 Å². The fraction of sp³-hybridized carbons (Fsp3) is 0.200. The van der Waals surface area contributed by atoms with Crippen LogP contribution in [0.15, 0.2) is 65.8 Å². The molecule has 138 valence electrons. The number of ketones is 1. The lowest BCUT2D eigenvalue weighted by Gasteiger charge is -2.30. The van der Waals surface area contributed by atoms with Gasteiger partial charge in [-0.15, -0.1) is 0 Å². The van der Waals surface area contributed by atoms with Crippen molar-refractivity contribution >= 4 is 21.5 Å². The molecule has 0 saturated carbocycles. The molecule has 1 aliphatic heterocycles. The Hall–Kier alpha value is -2.93. The van der Waals surface area contributed by atoms with E-state index in [-0.39, 0.29) is 16.5 Å². The van der Waals surface area contributed by atoms with Gasteiger partial charge >= 0.3 is 0 Å². The van der Waals surface area contributed by atoms with Crippen molar-refractivity contribution in [3.8, 4) is 0 Å². The number of hydrogen-bond donors (Lipinski definition) is 0. The summed E-state index contributed by atoms with van der Waals surface area (Å²) >= 11 is 0. The lowest BCUT2D eigenvalue weighted by Crippen LogP contribution is -2.35. The van der Waals surface area contributed by atoms with Gasteiger partial charge in [-0.05, 0) is 36.6 Å². The van der Waals surface area contributed by atoms with Crippen molar-refractivity contribution in [1.82, 2.24) is 9.55 Å². The summed E-state index contributed by atoms with van der Waals surface area (Å²) in [5, 5.41) is 0. The average molecular weight is 381 g/mol. The van der Waals surface area contributed by atoms with E-state index in [1.54, 1.807) is 36.1 Å². The van der Waals surface area contributed by atoms with E-state index < -0.39 is 10.0 Å². The summed E-state index contributed by atoms with van der Waals surface area (Å²) < 4.78 is 29.6. The van der Waals surface area contributed by atoms with Gasteiger partial charge < -0.3 is 4.57 Å². The van der Waals surface area contributed by atoms with Gasteiger partial charge in [0, 0.05) is 31.5 Å². The van der Waals surface area contributed by atoms with E-state index >= 15 is 0 Å². The summed E-state index contributed by atoms with van der Waals surface area (Å²) in [5.74, 6) is -0.0357. The van der Waals surface area contributed by atoms with Gasteiger partial charge in [0.25, 0.3) is 10.0 Å². The van der Waals surface area contributed by atoms with E-state index in [1.807, 2.05) is 24.3 Å². The third-order valence-electron chi connectivity index (χ3n) is 4.78. The van der Waals surface area contributed by atoms with Crippen LogP contribution in [0.4, 0.5) is 5.69 Å². The predicted octanol–water partition coefficient (Wildman–Crippen LogP) is 2.79. The van der Waals surface area contributed by atoms with Gasteiger partial charge in [0.15, 0.2) is 5.82 Å². The first-order valence-electron chi connectivity index (χ1n) is 8.71. The highest BCUT2D eigenvalue weighted by molar-refractivity contribution is 7.92. The maximum atomic E-state index is 13.3. The van der Waals surface area contributed by atoms with Gasteiger partial charge in [-0.1, -0.05) is 30.3 Å². The third kappa shape index (κ3) is 3.04. The number of rotatable bonds is 4. The van der Waals surface area contributed by atoms with Gasteiger partial charge in [0.2, 0.25) is 5.78 Å². The van der Waals surface area contributed by atoms with E-state index in [0.717, 1.165) is 18.4 Å².